The molecule has 1 aromatic rings. The summed E-state index contributed by atoms with van der Waals surface area (Å²) in [6.07, 6.45) is 1.63. The van der Waals surface area contributed by atoms with Gasteiger partial charge in [0.25, 0.3) is 5.91 Å². The second kappa shape index (κ2) is 6.41. The molecule has 1 aliphatic heterocycles. The van der Waals surface area contributed by atoms with E-state index >= 15 is 0 Å². The number of rotatable bonds is 4. The third kappa shape index (κ3) is 3.49. The minimum atomic E-state index is -0.362. The van der Waals surface area contributed by atoms with Crippen LogP contribution in [-0.2, 0) is 0 Å². The average molecular weight is 280 g/mol. The second-order valence-corrected chi connectivity index (χ2v) is 5.76. The summed E-state index contributed by atoms with van der Waals surface area (Å²) in [7, 11) is 0. The number of aliphatic hydroxyl groups is 1. The van der Waals surface area contributed by atoms with E-state index in [9.17, 15) is 9.90 Å². The predicted molar refractivity (Wildman–Crippen MR) is 77.7 cm³/mol. The van der Waals surface area contributed by atoms with Crippen LogP contribution in [0, 0.1) is 12.8 Å². The first-order chi connectivity index (χ1) is 9.11. The fourth-order valence-electron chi connectivity index (χ4n) is 2.22. The van der Waals surface area contributed by atoms with Crippen molar-refractivity contribution in [2.45, 2.75) is 17.9 Å². The molecule has 4 nitrogen and oxygen atoms in total. The molecule has 0 bridgehead atoms. The van der Waals surface area contributed by atoms with Gasteiger partial charge in [0.1, 0.15) is 0 Å². The number of carbonyl (C=O) groups is 1. The molecule has 1 aliphatic rings. The Labute approximate surface area is 118 Å². The number of hydrogen-bond donors (Lipinski definition) is 3. The topological polar surface area (TPSA) is 61.4 Å². The van der Waals surface area contributed by atoms with Crippen molar-refractivity contribution < 1.29 is 9.90 Å². The van der Waals surface area contributed by atoms with Gasteiger partial charge in [-0.3, -0.25) is 4.79 Å². The lowest BCUT2D eigenvalue weighted by Gasteiger charge is -2.15. The predicted octanol–water partition coefficient (Wildman–Crippen LogP) is 1.03. The van der Waals surface area contributed by atoms with Crippen LogP contribution in [-0.4, -0.2) is 43.0 Å². The van der Waals surface area contributed by atoms with Gasteiger partial charge in [-0.05, 0) is 30.9 Å². The molecule has 0 aromatic heterocycles. The number of aliphatic hydroxyl groups excluding tert-OH is 1. The molecule has 2 unspecified atom stereocenters. The van der Waals surface area contributed by atoms with E-state index in [0.717, 1.165) is 17.0 Å². The van der Waals surface area contributed by atoms with Crippen LogP contribution in [0.1, 0.15) is 15.9 Å². The number of aryl methyl sites for hydroxylation is 1. The van der Waals surface area contributed by atoms with E-state index < -0.39 is 0 Å². The fourth-order valence-corrected chi connectivity index (χ4v) is 2.66. The largest absolute Gasteiger partial charge is 0.391 e. The Bertz CT molecular complexity index is 465. The minimum absolute atomic E-state index is 0.0625. The lowest BCUT2D eigenvalue weighted by Crippen LogP contribution is -2.34. The summed E-state index contributed by atoms with van der Waals surface area (Å²) >= 11 is 1.62. The van der Waals surface area contributed by atoms with Crippen molar-refractivity contribution in [3.8, 4) is 0 Å². The molecule has 1 heterocycles. The molecule has 0 saturated carbocycles. The average Bonchev–Trinajstić information content (AvgIpc) is 2.82. The maximum absolute atomic E-state index is 12.2. The normalized spacial score (nSPS) is 22.5. The monoisotopic (exact) mass is 280 g/mol. The highest BCUT2D eigenvalue weighted by Crippen LogP contribution is 2.19. The molecule has 0 radical (unpaired) electrons. The van der Waals surface area contributed by atoms with E-state index in [4.69, 9.17) is 0 Å². The van der Waals surface area contributed by atoms with Crippen molar-refractivity contribution in [1.29, 1.82) is 0 Å². The van der Waals surface area contributed by atoms with E-state index in [2.05, 4.69) is 10.6 Å². The molecule has 19 heavy (non-hydrogen) atoms. The second-order valence-electron chi connectivity index (χ2n) is 4.88. The fraction of sp³-hybridized carbons (Fsp3) is 0.500. The van der Waals surface area contributed by atoms with Gasteiger partial charge < -0.3 is 15.7 Å². The Kier molecular flexibility index (Phi) is 4.85. The van der Waals surface area contributed by atoms with Crippen molar-refractivity contribution in [2.24, 2.45) is 5.92 Å². The van der Waals surface area contributed by atoms with Gasteiger partial charge in [-0.15, -0.1) is 11.8 Å². The van der Waals surface area contributed by atoms with Crippen LogP contribution in [0.15, 0.2) is 23.1 Å². The Balaban J connectivity index is 1.99. The zero-order valence-corrected chi connectivity index (χ0v) is 12.1. The van der Waals surface area contributed by atoms with E-state index in [1.165, 1.54) is 0 Å². The van der Waals surface area contributed by atoms with E-state index in [0.29, 0.717) is 18.7 Å². The Morgan fingerprint density at radius 3 is 2.95 bits per heavy atom. The quantitative estimate of drug-likeness (QED) is 0.721. The van der Waals surface area contributed by atoms with Gasteiger partial charge in [-0.25, -0.2) is 0 Å². The molecule has 5 heteroatoms. The molecule has 0 aliphatic carbocycles. The molecule has 3 N–H and O–H groups in total. The first-order valence-corrected chi connectivity index (χ1v) is 7.66. The highest BCUT2D eigenvalue weighted by Gasteiger charge is 2.25. The standard InChI is InChI=1S/C14H20N2O2S/c1-9-3-4-11(19-2)5-12(9)14(18)16-7-10-6-15-8-13(10)17/h3-5,10,13,15,17H,6-8H2,1-2H3,(H,16,18). The third-order valence-corrected chi connectivity index (χ3v) is 4.24. The van der Waals surface area contributed by atoms with Gasteiger partial charge in [0.2, 0.25) is 0 Å². The summed E-state index contributed by atoms with van der Waals surface area (Å²) in [4.78, 5) is 13.3. The van der Waals surface area contributed by atoms with Gasteiger partial charge in [0, 0.05) is 36.0 Å². The Morgan fingerprint density at radius 2 is 2.32 bits per heavy atom. The third-order valence-electron chi connectivity index (χ3n) is 3.52. The molecular weight excluding hydrogens is 260 g/mol. The van der Waals surface area contributed by atoms with Gasteiger partial charge >= 0.3 is 0 Å². The highest BCUT2D eigenvalue weighted by molar-refractivity contribution is 7.98. The number of hydrogen-bond acceptors (Lipinski definition) is 4. The number of amides is 1. The van der Waals surface area contributed by atoms with Crippen LogP contribution < -0.4 is 10.6 Å². The summed E-state index contributed by atoms with van der Waals surface area (Å²) in [6.45, 7) is 3.81. The van der Waals surface area contributed by atoms with E-state index in [1.807, 2.05) is 31.4 Å². The van der Waals surface area contributed by atoms with E-state index in [-0.39, 0.29) is 17.9 Å². The number of carbonyl (C=O) groups excluding carboxylic acids is 1. The van der Waals surface area contributed by atoms with Crippen LogP contribution in [0.2, 0.25) is 0 Å². The maximum Gasteiger partial charge on any atom is 0.251 e. The summed E-state index contributed by atoms with van der Waals surface area (Å²) in [5.41, 5.74) is 1.69. The first kappa shape index (κ1) is 14.4. The molecule has 1 fully saturated rings. The van der Waals surface area contributed by atoms with Gasteiger partial charge in [0.15, 0.2) is 0 Å². The van der Waals surface area contributed by atoms with E-state index in [1.54, 1.807) is 11.8 Å². The molecule has 1 amide bonds. The molecule has 2 rings (SSSR count). The lowest BCUT2D eigenvalue weighted by molar-refractivity contribution is 0.0926. The van der Waals surface area contributed by atoms with Crippen molar-refractivity contribution in [3.63, 3.8) is 0 Å². The minimum Gasteiger partial charge on any atom is -0.391 e. The SMILES string of the molecule is CSc1ccc(C)c(C(=O)NCC2CNCC2O)c1. The summed E-state index contributed by atoms with van der Waals surface area (Å²) in [6, 6.07) is 5.90. The smallest absolute Gasteiger partial charge is 0.251 e. The molecular formula is C14H20N2O2S. The van der Waals surface area contributed by atoms with Crippen molar-refractivity contribution in [1.82, 2.24) is 10.6 Å². The van der Waals surface area contributed by atoms with Gasteiger partial charge in [0.05, 0.1) is 6.10 Å². The number of β-amino-alcohol motifs (C(OH)–C–C–N with tert-alkyl or cyclic N) is 1. The summed E-state index contributed by atoms with van der Waals surface area (Å²) < 4.78 is 0. The summed E-state index contributed by atoms with van der Waals surface area (Å²) in [5, 5.41) is 15.7. The first-order valence-electron chi connectivity index (χ1n) is 6.43. The number of benzene rings is 1. The maximum atomic E-state index is 12.2. The van der Waals surface area contributed by atoms with Crippen molar-refractivity contribution in [3.05, 3.63) is 29.3 Å². The van der Waals surface area contributed by atoms with Gasteiger partial charge in [-0.1, -0.05) is 6.07 Å². The van der Waals surface area contributed by atoms with Crippen LogP contribution >= 0.6 is 11.8 Å². The molecule has 1 saturated heterocycles. The molecule has 1 aromatic carbocycles. The lowest BCUT2D eigenvalue weighted by atomic mass is 10.1. The van der Waals surface area contributed by atoms with Crippen LogP contribution in [0.25, 0.3) is 0 Å². The summed E-state index contributed by atoms with van der Waals surface area (Å²) in [5.74, 6) is 0.0421. The van der Waals surface area contributed by atoms with Crippen LogP contribution in [0.3, 0.4) is 0 Å². The number of nitrogens with one attached hydrogen (secondary N) is 2. The number of thioether (sulfide) groups is 1. The van der Waals surface area contributed by atoms with Gasteiger partial charge in [-0.2, -0.15) is 0 Å². The molecule has 0 spiro atoms. The molecule has 2 atom stereocenters. The Morgan fingerprint density at radius 1 is 1.53 bits per heavy atom. The van der Waals surface area contributed by atoms with Crippen LogP contribution in [0.4, 0.5) is 0 Å². The zero-order chi connectivity index (χ0) is 13.8. The highest BCUT2D eigenvalue weighted by atomic mass is 32.2. The van der Waals surface area contributed by atoms with Crippen molar-refractivity contribution >= 4 is 17.7 Å². The van der Waals surface area contributed by atoms with Crippen molar-refractivity contribution in [2.75, 3.05) is 25.9 Å². The Hall–Kier alpha value is -1.04. The van der Waals surface area contributed by atoms with Crippen LogP contribution in [0.5, 0.6) is 0 Å². The zero-order valence-electron chi connectivity index (χ0n) is 11.3. The molecule has 104 valence electrons.